The normalized spacial score (nSPS) is 20.1. The highest BCUT2D eigenvalue weighted by Gasteiger charge is 2.27. The van der Waals surface area contributed by atoms with Crippen LogP contribution in [0.1, 0.15) is 48.5 Å². The van der Waals surface area contributed by atoms with E-state index in [9.17, 15) is 13.2 Å². The zero-order valence-electron chi connectivity index (χ0n) is 18.3. The molecule has 2 heterocycles. The van der Waals surface area contributed by atoms with Crippen LogP contribution in [0.2, 0.25) is 0 Å². The van der Waals surface area contributed by atoms with Crippen molar-refractivity contribution in [3.63, 3.8) is 0 Å². The van der Waals surface area contributed by atoms with E-state index in [1.165, 1.54) is 16.8 Å². The number of carbonyl (C=O) groups is 1. The van der Waals surface area contributed by atoms with E-state index < -0.39 is 10.0 Å². The first-order valence-corrected chi connectivity index (χ1v) is 12.6. The number of aryl methyl sites for hydroxylation is 1. The van der Waals surface area contributed by atoms with Crippen LogP contribution in [0.4, 0.5) is 11.4 Å². The molecule has 2 fully saturated rings. The number of rotatable bonds is 5. The van der Waals surface area contributed by atoms with Gasteiger partial charge in [0.2, 0.25) is 10.0 Å². The Bertz CT molecular complexity index is 1040. The largest absolute Gasteiger partial charge is 0.371 e. The molecule has 166 valence electrons. The molecule has 0 aromatic heterocycles. The first kappa shape index (κ1) is 21.8. The van der Waals surface area contributed by atoms with Gasteiger partial charge >= 0.3 is 0 Å². The van der Waals surface area contributed by atoms with Crippen molar-refractivity contribution in [1.29, 1.82) is 0 Å². The van der Waals surface area contributed by atoms with Crippen LogP contribution in [0, 0.1) is 12.8 Å². The predicted molar refractivity (Wildman–Crippen MR) is 124 cm³/mol. The summed E-state index contributed by atoms with van der Waals surface area (Å²) in [5.41, 5.74) is 2.99. The molecule has 2 aliphatic rings. The van der Waals surface area contributed by atoms with E-state index in [-0.39, 0.29) is 10.8 Å². The lowest BCUT2D eigenvalue weighted by Crippen LogP contribution is -2.35. The molecule has 2 aromatic carbocycles. The van der Waals surface area contributed by atoms with Crippen LogP contribution in [0.25, 0.3) is 0 Å². The summed E-state index contributed by atoms with van der Waals surface area (Å²) in [6.07, 6.45) is 4.02. The van der Waals surface area contributed by atoms with Gasteiger partial charge < -0.3 is 10.2 Å². The van der Waals surface area contributed by atoms with Gasteiger partial charge in [-0.3, -0.25) is 4.79 Å². The van der Waals surface area contributed by atoms with Gasteiger partial charge in [0.05, 0.1) is 4.90 Å². The number of hydrogen-bond donors (Lipinski definition) is 1. The van der Waals surface area contributed by atoms with Gasteiger partial charge in [-0.2, -0.15) is 4.31 Å². The number of sulfonamides is 1. The van der Waals surface area contributed by atoms with Crippen molar-refractivity contribution in [2.24, 2.45) is 5.92 Å². The van der Waals surface area contributed by atoms with Gasteiger partial charge in [0.1, 0.15) is 0 Å². The first-order valence-electron chi connectivity index (χ1n) is 11.1. The molecule has 4 rings (SSSR count). The van der Waals surface area contributed by atoms with Gasteiger partial charge in [-0.1, -0.05) is 19.4 Å². The monoisotopic (exact) mass is 441 g/mol. The first-order chi connectivity index (χ1) is 14.8. The summed E-state index contributed by atoms with van der Waals surface area (Å²) in [7, 11) is -3.58. The molecule has 1 N–H and O–H groups in total. The van der Waals surface area contributed by atoms with Crippen LogP contribution in [0.5, 0.6) is 0 Å². The fourth-order valence-electron chi connectivity index (χ4n) is 4.38. The van der Waals surface area contributed by atoms with E-state index in [1.54, 1.807) is 12.1 Å². The highest BCUT2D eigenvalue weighted by Crippen LogP contribution is 2.26. The third-order valence-electron chi connectivity index (χ3n) is 6.32. The van der Waals surface area contributed by atoms with Crippen LogP contribution >= 0.6 is 0 Å². The van der Waals surface area contributed by atoms with Crippen LogP contribution in [0.3, 0.4) is 0 Å². The number of anilines is 2. The lowest BCUT2D eigenvalue weighted by Gasteiger charge is -2.26. The number of hydrogen-bond acceptors (Lipinski definition) is 4. The fourth-order valence-corrected chi connectivity index (χ4v) is 5.93. The number of carbonyl (C=O) groups excluding carboxylic acids is 1. The van der Waals surface area contributed by atoms with Crippen LogP contribution in [-0.4, -0.2) is 44.8 Å². The van der Waals surface area contributed by atoms with Crippen molar-refractivity contribution in [2.75, 3.05) is 36.4 Å². The van der Waals surface area contributed by atoms with Crippen LogP contribution in [-0.2, 0) is 10.0 Å². The molecule has 31 heavy (non-hydrogen) atoms. The molecule has 1 amide bonds. The second-order valence-corrected chi connectivity index (χ2v) is 10.7. The zero-order valence-corrected chi connectivity index (χ0v) is 19.1. The van der Waals surface area contributed by atoms with E-state index in [0.717, 1.165) is 43.6 Å². The molecule has 0 bridgehead atoms. The lowest BCUT2D eigenvalue weighted by atomic mass is 10.1. The molecule has 0 spiro atoms. The summed E-state index contributed by atoms with van der Waals surface area (Å²) in [5, 5.41) is 2.92. The number of piperidine rings is 1. The summed E-state index contributed by atoms with van der Waals surface area (Å²) >= 11 is 0. The van der Waals surface area contributed by atoms with E-state index in [0.29, 0.717) is 30.3 Å². The van der Waals surface area contributed by atoms with Crippen molar-refractivity contribution in [2.45, 2.75) is 44.4 Å². The molecule has 1 atom stereocenters. The molecule has 0 radical (unpaired) electrons. The van der Waals surface area contributed by atoms with Crippen molar-refractivity contribution >= 4 is 27.3 Å². The molecule has 1 unspecified atom stereocenters. The van der Waals surface area contributed by atoms with E-state index in [2.05, 4.69) is 17.1 Å². The Hall–Kier alpha value is -2.38. The minimum atomic E-state index is -3.58. The van der Waals surface area contributed by atoms with Gasteiger partial charge in [0.25, 0.3) is 5.91 Å². The van der Waals surface area contributed by atoms with E-state index in [4.69, 9.17) is 0 Å². The highest BCUT2D eigenvalue weighted by molar-refractivity contribution is 7.89. The third-order valence-corrected chi connectivity index (χ3v) is 8.22. The quantitative estimate of drug-likeness (QED) is 0.752. The number of amides is 1. The molecule has 0 saturated carbocycles. The Morgan fingerprint density at radius 2 is 1.71 bits per heavy atom. The Morgan fingerprint density at radius 1 is 1.00 bits per heavy atom. The lowest BCUT2D eigenvalue weighted by molar-refractivity contribution is 0.102. The van der Waals surface area contributed by atoms with E-state index >= 15 is 0 Å². The summed E-state index contributed by atoms with van der Waals surface area (Å²) in [4.78, 5) is 15.5. The number of benzene rings is 2. The third kappa shape index (κ3) is 4.77. The van der Waals surface area contributed by atoms with E-state index in [1.807, 2.05) is 31.2 Å². The summed E-state index contributed by atoms with van der Waals surface area (Å²) in [5.74, 6) is 0.409. The SMILES string of the molecule is Cc1ccc(S(=O)(=O)N2CCCCC2)cc1C(=O)Nc1ccc(N2CCC(C)C2)cc1. The highest BCUT2D eigenvalue weighted by atomic mass is 32.2. The smallest absolute Gasteiger partial charge is 0.255 e. The van der Waals surface area contributed by atoms with Crippen molar-refractivity contribution in [3.05, 3.63) is 53.6 Å². The van der Waals surface area contributed by atoms with Gasteiger partial charge in [-0.15, -0.1) is 0 Å². The topological polar surface area (TPSA) is 69.7 Å². The van der Waals surface area contributed by atoms with Gasteiger partial charge in [0.15, 0.2) is 0 Å². The standard InChI is InChI=1S/C24H31N3O3S/c1-18-12-15-26(17-18)21-9-7-20(8-10-21)25-24(28)23-16-22(11-6-19(23)2)31(29,30)27-13-4-3-5-14-27/h6-11,16,18H,3-5,12-15,17H2,1-2H3,(H,25,28). The predicted octanol–water partition coefficient (Wildman–Crippen LogP) is 4.27. The molecule has 2 aromatic rings. The number of nitrogens with one attached hydrogen (secondary N) is 1. The maximum atomic E-state index is 13.0. The molecule has 2 aliphatic heterocycles. The second-order valence-electron chi connectivity index (χ2n) is 8.78. The van der Waals surface area contributed by atoms with Gasteiger partial charge in [0, 0.05) is 43.1 Å². The second kappa shape index (κ2) is 9.01. The Balaban J connectivity index is 1.50. The molecular weight excluding hydrogens is 410 g/mol. The minimum Gasteiger partial charge on any atom is -0.371 e. The maximum absolute atomic E-state index is 13.0. The molecular formula is C24H31N3O3S. The van der Waals surface area contributed by atoms with Crippen LogP contribution < -0.4 is 10.2 Å². The van der Waals surface area contributed by atoms with Crippen molar-refractivity contribution < 1.29 is 13.2 Å². The van der Waals surface area contributed by atoms with Crippen molar-refractivity contribution in [1.82, 2.24) is 4.31 Å². The molecule has 6 nitrogen and oxygen atoms in total. The Kier molecular flexibility index (Phi) is 6.34. The van der Waals surface area contributed by atoms with Crippen LogP contribution in [0.15, 0.2) is 47.4 Å². The van der Waals surface area contributed by atoms with Gasteiger partial charge in [-0.05, 0) is 74.1 Å². The summed E-state index contributed by atoms with van der Waals surface area (Å²) < 4.78 is 27.5. The fraction of sp³-hybridized carbons (Fsp3) is 0.458. The molecule has 2 saturated heterocycles. The average Bonchev–Trinajstić information content (AvgIpc) is 3.21. The maximum Gasteiger partial charge on any atom is 0.255 e. The van der Waals surface area contributed by atoms with Gasteiger partial charge in [-0.25, -0.2) is 8.42 Å². The summed E-state index contributed by atoms with van der Waals surface area (Å²) in [6, 6.07) is 12.7. The molecule has 0 aliphatic carbocycles. The average molecular weight is 442 g/mol. The Morgan fingerprint density at radius 3 is 2.35 bits per heavy atom. The van der Waals surface area contributed by atoms with Crippen molar-refractivity contribution in [3.8, 4) is 0 Å². The number of nitrogens with zero attached hydrogens (tertiary/aromatic N) is 2. The summed E-state index contributed by atoms with van der Waals surface area (Å²) in [6.45, 7) is 7.29. The minimum absolute atomic E-state index is 0.184. The Labute approximate surface area is 185 Å². The molecule has 7 heteroatoms. The zero-order chi connectivity index (χ0) is 22.0.